The van der Waals surface area contributed by atoms with Crippen LogP contribution >= 0.6 is 11.6 Å². The maximum absolute atomic E-state index is 5.98. The van der Waals surface area contributed by atoms with E-state index in [9.17, 15) is 0 Å². The molecule has 1 aliphatic carbocycles. The minimum Gasteiger partial charge on any atom is -0.0883 e. The molecule has 138 valence electrons. The maximum Gasteiger partial charge on any atom is 0.0406 e. The van der Waals surface area contributed by atoms with Gasteiger partial charge in [-0.1, -0.05) is 73.5 Å². The summed E-state index contributed by atoms with van der Waals surface area (Å²) in [5.74, 6) is 1.76. The van der Waals surface area contributed by atoms with Gasteiger partial charge in [0, 0.05) is 5.02 Å². The highest BCUT2D eigenvalue weighted by atomic mass is 35.5. The lowest BCUT2D eigenvalue weighted by atomic mass is 9.79. The Morgan fingerprint density at radius 2 is 1.50 bits per heavy atom. The first kappa shape index (κ1) is 19.2. The second-order valence-corrected chi connectivity index (χ2v) is 8.18. The van der Waals surface area contributed by atoms with Crippen molar-refractivity contribution in [1.29, 1.82) is 0 Å². The Morgan fingerprint density at radius 1 is 0.885 bits per heavy atom. The Bertz CT molecular complexity index is 673. The molecule has 0 radical (unpaired) electrons. The molecule has 0 atom stereocenters. The third-order valence-electron chi connectivity index (χ3n) is 5.73. The summed E-state index contributed by atoms with van der Waals surface area (Å²) < 4.78 is 0. The first-order chi connectivity index (χ1) is 12.7. The van der Waals surface area contributed by atoms with Gasteiger partial charge in [-0.3, -0.25) is 0 Å². The fourth-order valence-corrected chi connectivity index (χ4v) is 4.13. The van der Waals surface area contributed by atoms with Crippen LogP contribution in [0.5, 0.6) is 0 Å². The van der Waals surface area contributed by atoms with Crippen LogP contribution in [0.2, 0.25) is 5.02 Å². The molecule has 2 aromatic rings. The van der Waals surface area contributed by atoms with Crippen molar-refractivity contribution >= 4 is 11.6 Å². The largest absolute Gasteiger partial charge is 0.0883 e. The minimum atomic E-state index is 0.793. The second-order valence-electron chi connectivity index (χ2n) is 7.74. The molecule has 0 aromatic heterocycles. The van der Waals surface area contributed by atoms with Crippen molar-refractivity contribution in [2.24, 2.45) is 11.8 Å². The van der Waals surface area contributed by atoms with Crippen molar-refractivity contribution in [1.82, 2.24) is 0 Å². The second kappa shape index (κ2) is 9.97. The predicted octanol–water partition coefficient (Wildman–Crippen LogP) is 8.10. The van der Waals surface area contributed by atoms with Crippen LogP contribution < -0.4 is 0 Å². The fraction of sp³-hybridized carbons (Fsp3) is 0.440. The van der Waals surface area contributed by atoms with Gasteiger partial charge >= 0.3 is 0 Å². The number of rotatable bonds is 7. The molecule has 2 aromatic carbocycles. The quantitative estimate of drug-likeness (QED) is 0.434. The zero-order valence-corrected chi connectivity index (χ0v) is 16.7. The number of unbranched alkanes of at least 4 members (excludes halogenated alkanes) is 1. The van der Waals surface area contributed by atoms with Gasteiger partial charge in [0.2, 0.25) is 0 Å². The van der Waals surface area contributed by atoms with E-state index in [2.05, 4.69) is 55.5 Å². The highest BCUT2D eigenvalue weighted by molar-refractivity contribution is 6.30. The molecule has 0 bridgehead atoms. The summed E-state index contributed by atoms with van der Waals surface area (Å²) in [5, 5.41) is 0.793. The molecule has 0 heterocycles. The first-order valence-corrected chi connectivity index (χ1v) is 10.6. The molecule has 0 unspecified atom stereocenters. The summed E-state index contributed by atoms with van der Waals surface area (Å²) in [6.45, 7) is 2.25. The van der Waals surface area contributed by atoms with Crippen LogP contribution in [0.15, 0.2) is 60.7 Å². The van der Waals surface area contributed by atoms with Crippen molar-refractivity contribution in [3.8, 4) is 11.1 Å². The van der Waals surface area contributed by atoms with Crippen LogP contribution in [0.1, 0.15) is 57.4 Å². The van der Waals surface area contributed by atoms with Gasteiger partial charge in [-0.15, -0.1) is 0 Å². The highest BCUT2D eigenvalue weighted by Crippen LogP contribution is 2.32. The molecule has 1 aliphatic rings. The van der Waals surface area contributed by atoms with E-state index in [-0.39, 0.29) is 0 Å². The summed E-state index contributed by atoms with van der Waals surface area (Å²) >= 11 is 5.98. The lowest BCUT2D eigenvalue weighted by Crippen LogP contribution is -2.13. The minimum absolute atomic E-state index is 0.793. The number of halogens is 1. The normalized spacial score (nSPS) is 20.5. The number of benzene rings is 2. The zero-order chi connectivity index (χ0) is 18.2. The van der Waals surface area contributed by atoms with Crippen LogP contribution in [0, 0.1) is 11.8 Å². The molecule has 1 heteroatoms. The van der Waals surface area contributed by atoms with Crippen molar-refractivity contribution in [3.05, 3.63) is 71.3 Å². The van der Waals surface area contributed by atoms with Gasteiger partial charge in [0.25, 0.3) is 0 Å². The third kappa shape index (κ3) is 5.74. The van der Waals surface area contributed by atoms with Crippen LogP contribution in [-0.2, 0) is 6.42 Å². The van der Waals surface area contributed by atoms with Gasteiger partial charge in [-0.25, -0.2) is 0 Å². The molecule has 0 spiro atoms. The van der Waals surface area contributed by atoms with Crippen LogP contribution in [-0.4, -0.2) is 0 Å². The molecular weight excluding hydrogens is 336 g/mol. The number of hydrogen-bond donors (Lipinski definition) is 0. The number of hydrogen-bond acceptors (Lipinski definition) is 0. The van der Waals surface area contributed by atoms with Gasteiger partial charge in [0.05, 0.1) is 0 Å². The van der Waals surface area contributed by atoms with Gasteiger partial charge in [-0.05, 0) is 85.6 Å². The number of allylic oxidation sites excluding steroid dienone is 2. The van der Waals surface area contributed by atoms with Gasteiger partial charge in [-0.2, -0.15) is 0 Å². The van der Waals surface area contributed by atoms with E-state index in [0.29, 0.717) is 0 Å². The Hall–Kier alpha value is -1.53. The van der Waals surface area contributed by atoms with Crippen molar-refractivity contribution < 1.29 is 0 Å². The third-order valence-corrected chi connectivity index (χ3v) is 5.98. The molecule has 0 nitrogen and oxygen atoms in total. The van der Waals surface area contributed by atoms with E-state index in [0.717, 1.165) is 16.9 Å². The molecule has 0 aliphatic heterocycles. The van der Waals surface area contributed by atoms with Gasteiger partial charge in [0.1, 0.15) is 0 Å². The van der Waals surface area contributed by atoms with Crippen molar-refractivity contribution in [2.45, 2.75) is 58.3 Å². The smallest absolute Gasteiger partial charge is 0.0406 e. The Morgan fingerprint density at radius 3 is 2.12 bits per heavy atom. The van der Waals surface area contributed by atoms with Crippen LogP contribution in [0.4, 0.5) is 0 Å². The molecule has 26 heavy (non-hydrogen) atoms. The summed E-state index contributed by atoms with van der Waals surface area (Å²) in [6, 6.07) is 17.2. The van der Waals surface area contributed by atoms with Crippen molar-refractivity contribution in [3.63, 3.8) is 0 Å². The fourth-order valence-electron chi connectivity index (χ4n) is 4.00. The topological polar surface area (TPSA) is 0 Å². The summed E-state index contributed by atoms with van der Waals surface area (Å²) in [7, 11) is 0. The summed E-state index contributed by atoms with van der Waals surface area (Å²) in [6.07, 6.45) is 15.5. The monoisotopic (exact) mass is 366 g/mol. The van der Waals surface area contributed by atoms with Gasteiger partial charge in [0.15, 0.2) is 0 Å². The Balaban J connectivity index is 1.45. The predicted molar refractivity (Wildman–Crippen MR) is 115 cm³/mol. The molecule has 0 amide bonds. The molecule has 0 N–H and O–H groups in total. The van der Waals surface area contributed by atoms with E-state index in [1.54, 1.807) is 0 Å². The van der Waals surface area contributed by atoms with Crippen LogP contribution in [0.3, 0.4) is 0 Å². The zero-order valence-electron chi connectivity index (χ0n) is 16.0. The number of aryl methyl sites for hydroxylation is 1. The molecule has 1 saturated carbocycles. The highest BCUT2D eigenvalue weighted by Gasteiger charge is 2.19. The average molecular weight is 367 g/mol. The first-order valence-electron chi connectivity index (χ1n) is 10.3. The Kier molecular flexibility index (Phi) is 7.38. The molecule has 1 fully saturated rings. The van der Waals surface area contributed by atoms with E-state index < -0.39 is 0 Å². The van der Waals surface area contributed by atoms with E-state index >= 15 is 0 Å². The summed E-state index contributed by atoms with van der Waals surface area (Å²) in [4.78, 5) is 0. The van der Waals surface area contributed by atoms with Gasteiger partial charge < -0.3 is 0 Å². The van der Waals surface area contributed by atoms with E-state index in [1.165, 1.54) is 68.1 Å². The summed E-state index contributed by atoms with van der Waals surface area (Å²) in [5.41, 5.74) is 3.97. The average Bonchev–Trinajstić information content (AvgIpc) is 2.69. The molecule has 3 rings (SSSR count). The lowest BCUT2D eigenvalue weighted by Gasteiger charge is -2.26. The molecule has 0 saturated heterocycles. The maximum atomic E-state index is 5.98. The van der Waals surface area contributed by atoms with Crippen LogP contribution in [0.25, 0.3) is 11.1 Å². The SMILES string of the molecule is CCCC=CC1CCC(CCc2ccc(-c3ccc(Cl)cc3)cc2)CC1. The van der Waals surface area contributed by atoms with E-state index in [1.807, 2.05) is 12.1 Å². The lowest BCUT2D eigenvalue weighted by molar-refractivity contribution is 0.296. The van der Waals surface area contributed by atoms with Crippen molar-refractivity contribution in [2.75, 3.05) is 0 Å². The standard InChI is InChI=1S/C25H31Cl/c1-2-3-4-5-20-6-8-21(9-7-20)10-11-22-12-14-23(15-13-22)24-16-18-25(26)19-17-24/h4-5,12-21H,2-3,6-11H2,1H3. The Labute approximate surface area is 164 Å². The van der Waals surface area contributed by atoms with E-state index in [4.69, 9.17) is 11.6 Å². The molecular formula is C25H31Cl.